The molecule has 0 saturated carbocycles. The Morgan fingerprint density at radius 3 is 1.77 bits per heavy atom. The molecule has 0 spiro atoms. The Balaban J connectivity index is 1.43. The summed E-state index contributed by atoms with van der Waals surface area (Å²) in [6.45, 7) is 3.48. The molecule has 3 rings (SSSR count). The topological polar surface area (TPSA) is 135 Å². The molecule has 0 aromatic carbocycles. The molecule has 3 aromatic rings. The Morgan fingerprint density at radius 1 is 0.935 bits per heavy atom. The molecule has 162 valence electrons. The van der Waals surface area contributed by atoms with Crippen molar-refractivity contribution < 1.29 is 18.4 Å². The lowest BCUT2D eigenvalue weighted by Crippen LogP contribution is -2.26. The van der Waals surface area contributed by atoms with Crippen LogP contribution in [0.15, 0.2) is 64.5 Å². The van der Waals surface area contributed by atoms with E-state index in [1.807, 2.05) is 0 Å². The molecule has 2 N–H and O–H groups in total. The van der Waals surface area contributed by atoms with Crippen molar-refractivity contribution in [1.82, 2.24) is 21.0 Å². The van der Waals surface area contributed by atoms with Gasteiger partial charge in [-0.1, -0.05) is 34.9 Å². The highest BCUT2D eigenvalue weighted by atomic mass is 32.2. The predicted molar refractivity (Wildman–Crippen MR) is 119 cm³/mol. The molecule has 10 nitrogen and oxygen atoms in total. The fourth-order valence-electron chi connectivity index (χ4n) is 1.93. The highest BCUT2D eigenvalue weighted by molar-refractivity contribution is 8.04. The maximum Gasteiger partial charge on any atom is 0.253 e. The molecule has 2 amide bonds. The van der Waals surface area contributed by atoms with E-state index in [0.717, 1.165) is 0 Å². The van der Waals surface area contributed by atoms with E-state index < -0.39 is 10.5 Å². The minimum Gasteiger partial charge on any atom is -0.463 e. The Kier molecular flexibility index (Phi) is 8.44. The summed E-state index contributed by atoms with van der Waals surface area (Å²) >= 11 is 3.82. The zero-order chi connectivity index (χ0) is 22.1. The van der Waals surface area contributed by atoms with Crippen molar-refractivity contribution in [3.63, 3.8) is 0 Å². The maximum absolute atomic E-state index is 12.1. The monoisotopic (exact) mass is 478 g/mol. The normalized spacial score (nSPS) is 13.5. The number of hydrogen-bond donors (Lipinski definition) is 2. The minimum absolute atomic E-state index is 0.278. The van der Waals surface area contributed by atoms with Crippen LogP contribution in [0.2, 0.25) is 0 Å². The molecular formula is C18H18N6O4S3. The van der Waals surface area contributed by atoms with Gasteiger partial charge in [-0.3, -0.25) is 9.59 Å². The fraction of sp³-hybridized carbons (Fsp3) is 0.222. The third-order valence-corrected chi connectivity index (χ3v) is 6.79. The molecule has 0 radical (unpaired) electrons. The number of hydrogen-bond acceptors (Lipinski definition) is 11. The molecule has 0 saturated heterocycles. The van der Waals surface area contributed by atoms with E-state index in [-0.39, 0.29) is 11.8 Å². The minimum atomic E-state index is -0.434. The Morgan fingerprint density at radius 2 is 1.39 bits per heavy atom. The van der Waals surface area contributed by atoms with Gasteiger partial charge in [0.15, 0.2) is 8.68 Å². The number of carbonyl (C=O) groups excluding carboxylic acids is 2. The van der Waals surface area contributed by atoms with Crippen molar-refractivity contribution in [2.24, 2.45) is 10.2 Å². The molecular weight excluding hydrogens is 460 g/mol. The largest absolute Gasteiger partial charge is 0.463 e. The van der Waals surface area contributed by atoms with Gasteiger partial charge in [0.25, 0.3) is 11.8 Å². The molecule has 13 heteroatoms. The highest BCUT2D eigenvalue weighted by Gasteiger charge is 2.20. The number of aromatic nitrogens is 2. The third-order valence-electron chi connectivity index (χ3n) is 3.50. The summed E-state index contributed by atoms with van der Waals surface area (Å²) in [5, 5.41) is 15.0. The standard InChI is InChI=1S/C18H18N6O4S3/c1-11(15(25)21-19-9-13-5-3-7-27-13)29-17-23-24-18(31-17)30-12(2)16(26)22-20-10-14-6-4-8-28-14/h3-12H,1-2H3,(H,21,25)(H,22,26)/b19-9+,20-10+. The van der Waals surface area contributed by atoms with Gasteiger partial charge in [-0.2, -0.15) is 10.2 Å². The van der Waals surface area contributed by atoms with E-state index in [1.165, 1.54) is 59.8 Å². The van der Waals surface area contributed by atoms with Crippen molar-refractivity contribution in [3.8, 4) is 0 Å². The van der Waals surface area contributed by atoms with Crippen LogP contribution in [0, 0.1) is 0 Å². The number of nitrogens with one attached hydrogen (secondary N) is 2. The van der Waals surface area contributed by atoms with Gasteiger partial charge in [0, 0.05) is 0 Å². The van der Waals surface area contributed by atoms with Crippen LogP contribution in [0.1, 0.15) is 25.4 Å². The first-order valence-corrected chi connectivity index (χ1v) is 11.5. The zero-order valence-corrected chi connectivity index (χ0v) is 18.9. The molecule has 3 heterocycles. The maximum atomic E-state index is 12.1. The molecule has 0 fully saturated rings. The molecule has 2 atom stereocenters. The molecule has 0 aliphatic rings. The zero-order valence-electron chi connectivity index (χ0n) is 16.4. The smallest absolute Gasteiger partial charge is 0.253 e. The number of amides is 2. The number of carbonyl (C=O) groups is 2. The van der Waals surface area contributed by atoms with E-state index in [0.29, 0.717) is 20.2 Å². The number of hydrazone groups is 2. The first-order chi connectivity index (χ1) is 15.0. The van der Waals surface area contributed by atoms with E-state index in [1.54, 1.807) is 38.1 Å². The number of rotatable bonds is 10. The summed E-state index contributed by atoms with van der Waals surface area (Å²) in [7, 11) is 0. The van der Waals surface area contributed by atoms with Crippen molar-refractivity contribution in [2.75, 3.05) is 0 Å². The van der Waals surface area contributed by atoms with Crippen LogP contribution in [0.3, 0.4) is 0 Å². The van der Waals surface area contributed by atoms with Gasteiger partial charge in [0.2, 0.25) is 0 Å². The summed E-state index contributed by atoms with van der Waals surface area (Å²) in [4.78, 5) is 24.3. The first-order valence-electron chi connectivity index (χ1n) is 8.91. The lowest BCUT2D eigenvalue weighted by molar-refractivity contribution is -0.121. The summed E-state index contributed by atoms with van der Waals surface area (Å²) in [6.07, 6.45) is 5.87. The van der Waals surface area contributed by atoms with Gasteiger partial charge in [0.05, 0.1) is 35.5 Å². The van der Waals surface area contributed by atoms with Gasteiger partial charge < -0.3 is 8.83 Å². The van der Waals surface area contributed by atoms with Gasteiger partial charge in [-0.15, -0.1) is 10.2 Å². The van der Waals surface area contributed by atoms with Crippen LogP contribution in [0.5, 0.6) is 0 Å². The van der Waals surface area contributed by atoms with E-state index >= 15 is 0 Å². The molecule has 31 heavy (non-hydrogen) atoms. The second-order valence-corrected chi connectivity index (χ2v) is 10.0. The summed E-state index contributed by atoms with van der Waals surface area (Å²) in [6, 6.07) is 6.90. The second kappa shape index (κ2) is 11.5. The summed E-state index contributed by atoms with van der Waals surface area (Å²) < 4.78 is 11.4. The summed E-state index contributed by atoms with van der Waals surface area (Å²) in [5.41, 5.74) is 4.90. The quantitative estimate of drug-likeness (QED) is 0.258. The van der Waals surface area contributed by atoms with Crippen molar-refractivity contribution in [1.29, 1.82) is 0 Å². The van der Waals surface area contributed by atoms with Gasteiger partial charge >= 0.3 is 0 Å². The Bertz CT molecular complexity index is 952. The van der Waals surface area contributed by atoms with Crippen LogP contribution in [0.4, 0.5) is 0 Å². The Hall–Kier alpha value is -2.90. The Labute approximate surface area is 190 Å². The summed E-state index contributed by atoms with van der Waals surface area (Å²) in [5.74, 6) is 0.520. The average Bonchev–Trinajstić information content (AvgIpc) is 3.51. The predicted octanol–water partition coefficient (Wildman–Crippen LogP) is 2.99. The van der Waals surface area contributed by atoms with E-state index in [2.05, 4.69) is 31.3 Å². The average molecular weight is 479 g/mol. The highest BCUT2D eigenvalue weighted by Crippen LogP contribution is 2.33. The molecule has 0 bridgehead atoms. The fourth-order valence-corrected chi connectivity index (χ4v) is 5.23. The first kappa shape index (κ1) is 22.8. The SMILES string of the molecule is CC(Sc1nnc(SC(C)C(=O)N/N=C/c2ccco2)s1)C(=O)N/N=C/c1ccco1. The van der Waals surface area contributed by atoms with Crippen LogP contribution in [0.25, 0.3) is 0 Å². The van der Waals surface area contributed by atoms with E-state index in [4.69, 9.17) is 8.83 Å². The van der Waals surface area contributed by atoms with Crippen LogP contribution in [-0.4, -0.2) is 44.9 Å². The van der Waals surface area contributed by atoms with Gasteiger partial charge in [0.1, 0.15) is 11.5 Å². The van der Waals surface area contributed by atoms with Crippen LogP contribution < -0.4 is 10.9 Å². The molecule has 2 unspecified atom stereocenters. The van der Waals surface area contributed by atoms with E-state index in [9.17, 15) is 9.59 Å². The van der Waals surface area contributed by atoms with Crippen LogP contribution in [-0.2, 0) is 9.59 Å². The molecule has 0 aliphatic carbocycles. The van der Waals surface area contributed by atoms with Crippen molar-refractivity contribution in [3.05, 3.63) is 48.3 Å². The lowest BCUT2D eigenvalue weighted by atomic mass is 10.5. The molecule has 0 aliphatic heterocycles. The van der Waals surface area contributed by atoms with Gasteiger partial charge in [-0.25, -0.2) is 10.9 Å². The second-order valence-electron chi connectivity index (χ2n) is 5.85. The van der Waals surface area contributed by atoms with Crippen molar-refractivity contribution >= 4 is 59.1 Å². The lowest BCUT2D eigenvalue weighted by Gasteiger charge is -2.06. The van der Waals surface area contributed by atoms with Crippen molar-refractivity contribution in [2.45, 2.75) is 33.0 Å². The third kappa shape index (κ3) is 7.38. The number of nitrogens with zero attached hydrogens (tertiary/aromatic N) is 4. The number of thioether (sulfide) groups is 2. The van der Waals surface area contributed by atoms with Crippen LogP contribution >= 0.6 is 34.9 Å². The molecule has 3 aromatic heterocycles. The van der Waals surface area contributed by atoms with Gasteiger partial charge in [-0.05, 0) is 38.1 Å². The number of furan rings is 2.